The number of rotatable bonds is 8. The highest BCUT2D eigenvalue weighted by atomic mass is 32.2. The van der Waals surface area contributed by atoms with Gasteiger partial charge in [-0.3, -0.25) is 9.10 Å². The molecule has 0 unspecified atom stereocenters. The van der Waals surface area contributed by atoms with Gasteiger partial charge in [0, 0.05) is 28.6 Å². The van der Waals surface area contributed by atoms with E-state index in [9.17, 15) is 27.5 Å². The molecule has 2 N–H and O–H groups in total. The lowest BCUT2D eigenvalue weighted by Crippen LogP contribution is -2.38. The molecule has 0 bridgehead atoms. The molecule has 0 atom stereocenters. The predicted octanol–water partition coefficient (Wildman–Crippen LogP) is 4.68. The van der Waals surface area contributed by atoms with Gasteiger partial charge in [-0.15, -0.1) is 11.3 Å². The number of fused-ring (bicyclic) bond motifs is 1. The van der Waals surface area contributed by atoms with Gasteiger partial charge in [-0.25, -0.2) is 22.6 Å². The van der Waals surface area contributed by atoms with E-state index in [1.165, 1.54) is 47.9 Å². The Bertz CT molecular complexity index is 1580. The van der Waals surface area contributed by atoms with Gasteiger partial charge in [-0.2, -0.15) is 0 Å². The van der Waals surface area contributed by atoms with Crippen LogP contribution < -0.4 is 9.62 Å². The molecule has 1 aliphatic rings. The Labute approximate surface area is 209 Å². The molecule has 12 heteroatoms. The first-order valence-electron chi connectivity index (χ1n) is 10.9. The number of hydrogen-bond donors (Lipinski definition) is 2. The number of carbonyl (C=O) groups is 2. The van der Waals surface area contributed by atoms with E-state index in [0.29, 0.717) is 21.6 Å². The second kappa shape index (κ2) is 9.03. The van der Waals surface area contributed by atoms with Crippen molar-refractivity contribution in [2.45, 2.75) is 18.8 Å². The lowest BCUT2D eigenvalue weighted by Gasteiger charge is -2.24. The van der Waals surface area contributed by atoms with Gasteiger partial charge in [0.15, 0.2) is 5.13 Å². The van der Waals surface area contributed by atoms with Crippen LogP contribution in [-0.4, -0.2) is 43.2 Å². The van der Waals surface area contributed by atoms with E-state index in [0.717, 1.165) is 23.4 Å². The summed E-state index contributed by atoms with van der Waals surface area (Å²) < 4.78 is 46.0. The van der Waals surface area contributed by atoms with Gasteiger partial charge in [0.25, 0.3) is 0 Å². The van der Waals surface area contributed by atoms with Crippen molar-refractivity contribution in [3.05, 3.63) is 64.9 Å². The standard InChI is InChI=1S/C24H20FN3O6S2/c1-36(32,33)28(12-20(29)27-24-26-8-9-35-24)18-11-19-17(10-16(18)13-2-3-13)21(23(30)31)22(34-19)14-4-6-15(25)7-5-14/h4-11,13H,2-3,12H2,1H3,(H,30,31)(H,26,27,29). The molecule has 1 aliphatic carbocycles. The maximum atomic E-state index is 13.4. The van der Waals surface area contributed by atoms with Crippen molar-refractivity contribution in [3.63, 3.8) is 0 Å². The number of carboxylic acids is 1. The largest absolute Gasteiger partial charge is 0.478 e. The maximum absolute atomic E-state index is 13.4. The second-order valence-corrected chi connectivity index (χ2v) is 11.3. The van der Waals surface area contributed by atoms with E-state index in [-0.39, 0.29) is 28.5 Å². The van der Waals surface area contributed by atoms with Crippen molar-refractivity contribution in [2.24, 2.45) is 0 Å². The summed E-state index contributed by atoms with van der Waals surface area (Å²) in [4.78, 5) is 28.9. The van der Waals surface area contributed by atoms with E-state index in [2.05, 4.69) is 10.3 Å². The summed E-state index contributed by atoms with van der Waals surface area (Å²) in [6, 6.07) is 8.30. The number of sulfonamides is 1. The van der Waals surface area contributed by atoms with Crippen molar-refractivity contribution in [1.29, 1.82) is 0 Å². The average molecular weight is 530 g/mol. The highest BCUT2D eigenvalue weighted by molar-refractivity contribution is 7.92. The molecular formula is C24H20FN3O6S2. The van der Waals surface area contributed by atoms with Crippen LogP contribution in [0.2, 0.25) is 0 Å². The molecule has 2 aromatic heterocycles. The molecule has 0 radical (unpaired) electrons. The van der Waals surface area contributed by atoms with Gasteiger partial charge < -0.3 is 14.8 Å². The number of carboxylic acid groups (broad SMARTS) is 1. The van der Waals surface area contributed by atoms with Gasteiger partial charge in [-0.1, -0.05) is 0 Å². The van der Waals surface area contributed by atoms with E-state index in [1.54, 1.807) is 11.4 Å². The summed E-state index contributed by atoms with van der Waals surface area (Å²) in [5.41, 5.74) is 1.27. The Morgan fingerprint density at radius 1 is 1.25 bits per heavy atom. The third-order valence-electron chi connectivity index (χ3n) is 5.81. The van der Waals surface area contributed by atoms with Crippen molar-refractivity contribution < 1.29 is 31.9 Å². The van der Waals surface area contributed by atoms with E-state index < -0.39 is 34.3 Å². The second-order valence-electron chi connectivity index (χ2n) is 8.45. The number of carbonyl (C=O) groups excluding carboxylic acids is 1. The fourth-order valence-electron chi connectivity index (χ4n) is 4.06. The highest BCUT2D eigenvalue weighted by Crippen LogP contribution is 2.48. The summed E-state index contributed by atoms with van der Waals surface area (Å²) in [7, 11) is -3.91. The highest BCUT2D eigenvalue weighted by Gasteiger charge is 2.34. The van der Waals surface area contributed by atoms with E-state index >= 15 is 0 Å². The Morgan fingerprint density at radius 2 is 1.97 bits per heavy atom. The lowest BCUT2D eigenvalue weighted by atomic mass is 10.0. The van der Waals surface area contributed by atoms with E-state index in [1.807, 2.05) is 0 Å². The molecule has 0 spiro atoms. The van der Waals surface area contributed by atoms with Crippen LogP contribution >= 0.6 is 11.3 Å². The predicted molar refractivity (Wildman–Crippen MR) is 133 cm³/mol. The monoisotopic (exact) mass is 529 g/mol. The van der Waals surface area contributed by atoms with Gasteiger partial charge in [-0.05, 0) is 54.7 Å². The van der Waals surface area contributed by atoms with Gasteiger partial charge >= 0.3 is 5.97 Å². The topological polar surface area (TPSA) is 130 Å². The van der Waals surface area contributed by atoms with Crippen LogP contribution in [0.3, 0.4) is 0 Å². The van der Waals surface area contributed by atoms with Crippen LogP contribution in [0.5, 0.6) is 0 Å². The number of nitrogens with zero attached hydrogens (tertiary/aromatic N) is 2. The molecule has 1 saturated carbocycles. The minimum atomic E-state index is -3.91. The molecule has 2 aromatic carbocycles. The number of aromatic carboxylic acids is 1. The van der Waals surface area contributed by atoms with Gasteiger partial charge in [0.2, 0.25) is 15.9 Å². The minimum absolute atomic E-state index is 0.0153. The zero-order valence-corrected chi connectivity index (χ0v) is 20.5. The quantitative estimate of drug-likeness (QED) is 0.339. The van der Waals surface area contributed by atoms with E-state index in [4.69, 9.17) is 4.42 Å². The number of furan rings is 1. The summed E-state index contributed by atoms with van der Waals surface area (Å²) in [5.74, 6) is -2.24. The molecule has 1 amide bonds. The molecule has 4 aromatic rings. The maximum Gasteiger partial charge on any atom is 0.340 e. The molecule has 2 heterocycles. The number of amides is 1. The number of benzene rings is 2. The van der Waals surface area contributed by atoms with Crippen molar-refractivity contribution >= 4 is 55.0 Å². The summed E-state index contributed by atoms with van der Waals surface area (Å²) in [6.07, 6.45) is 4.11. The summed E-state index contributed by atoms with van der Waals surface area (Å²) in [5, 5.41) is 14.9. The lowest BCUT2D eigenvalue weighted by molar-refractivity contribution is -0.114. The van der Waals surface area contributed by atoms with Crippen molar-refractivity contribution in [2.75, 3.05) is 22.4 Å². The fraction of sp³-hybridized carbons (Fsp3) is 0.208. The fourth-order valence-corrected chi connectivity index (χ4v) is 5.47. The molecule has 0 aliphatic heterocycles. The smallest absolute Gasteiger partial charge is 0.340 e. The van der Waals surface area contributed by atoms with Crippen molar-refractivity contribution in [1.82, 2.24) is 4.98 Å². The first-order valence-corrected chi connectivity index (χ1v) is 13.6. The van der Waals surface area contributed by atoms with Gasteiger partial charge in [0.1, 0.15) is 29.3 Å². The number of thiazole rings is 1. The normalized spacial score (nSPS) is 13.6. The van der Waals surface area contributed by atoms with Crippen LogP contribution in [0.1, 0.15) is 34.7 Å². The number of nitrogens with one attached hydrogen (secondary N) is 1. The molecule has 36 heavy (non-hydrogen) atoms. The molecule has 9 nitrogen and oxygen atoms in total. The first-order chi connectivity index (χ1) is 17.1. The SMILES string of the molecule is CS(=O)(=O)N(CC(=O)Nc1nccs1)c1cc2oc(-c3ccc(F)cc3)c(C(=O)O)c2cc1C1CC1. The Balaban J connectivity index is 1.64. The van der Waals surface area contributed by atoms with Crippen LogP contribution in [0, 0.1) is 5.82 Å². The number of anilines is 2. The molecule has 1 fully saturated rings. The molecular weight excluding hydrogens is 509 g/mol. The molecule has 5 rings (SSSR count). The average Bonchev–Trinajstić information content (AvgIpc) is 3.40. The Morgan fingerprint density at radius 3 is 2.56 bits per heavy atom. The Kier molecular flexibility index (Phi) is 6.00. The Hall–Kier alpha value is -3.77. The minimum Gasteiger partial charge on any atom is -0.478 e. The molecule has 186 valence electrons. The zero-order valence-electron chi connectivity index (χ0n) is 18.9. The summed E-state index contributed by atoms with van der Waals surface area (Å²) >= 11 is 1.20. The van der Waals surface area contributed by atoms with Crippen LogP contribution in [0.15, 0.2) is 52.4 Å². The first kappa shape index (κ1) is 23.9. The summed E-state index contributed by atoms with van der Waals surface area (Å²) in [6.45, 7) is -0.499. The van der Waals surface area contributed by atoms with Crippen molar-refractivity contribution in [3.8, 4) is 11.3 Å². The van der Waals surface area contributed by atoms with Crippen LogP contribution in [0.4, 0.5) is 15.2 Å². The van der Waals surface area contributed by atoms with Crippen LogP contribution in [0.25, 0.3) is 22.3 Å². The molecule has 0 saturated heterocycles. The van der Waals surface area contributed by atoms with Gasteiger partial charge in [0.05, 0.1) is 11.9 Å². The zero-order chi connectivity index (χ0) is 25.6. The number of halogens is 1. The van der Waals surface area contributed by atoms with Crippen LogP contribution in [-0.2, 0) is 14.8 Å². The number of hydrogen-bond acceptors (Lipinski definition) is 7. The number of aromatic nitrogens is 1. The third kappa shape index (κ3) is 4.69. The third-order valence-corrected chi connectivity index (χ3v) is 7.62.